The maximum atomic E-state index is 12.5. The smallest absolute Gasteiger partial charge is 0.253 e. The number of carbonyl (C=O) groups excluding carboxylic acids is 1. The Morgan fingerprint density at radius 1 is 1.15 bits per heavy atom. The molecule has 1 aliphatic rings. The van der Waals surface area contributed by atoms with E-state index in [1.165, 1.54) is 18.4 Å². The fourth-order valence-corrected chi connectivity index (χ4v) is 3.82. The standard InChI is InChI=1S/C20H22Cl2N2O.ClH/c1-24-12-5-4-11-18(24)15-8-3-2-7-14(15)13-23-20(25)16-9-6-10-17(21)19(16)22;/h2-3,6-10,18H,4-5,11-13H2,1H3,(H,23,25);1H/t18-;/m0./s1. The van der Waals surface area contributed by atoms with E-state index >= 15 is 0 Å². The van der Waals surface area contributed by atoms with E-state index in [0.717, 1.165) is 18.5 Å². The van der Waals surface area contributed by atoms with E-state index in [1.807, 2.05) is 6.07 Å². The number of nitrogens with zero attached hydrogens (tertiary/aromatic N) is 1. The minimum absolute atomic E-state index is 0. The van der Waals surface area contributed by atoms with Crippen LogP contribution in [-0.2, 0) is 6.54 Å². The molecule has 0 bridgehead atoms. The number of hydrogen-bond acceptors (Lipinski definition) is 2. The largest absolute Gasteiger partial charge is 0.348 e. The van der Waals surface area contributed by atoms with Crippen molar-refractivity contribution in [1.82, 2.24) is 10.2 Å². The zero-order chi connectivity index (χ0) is 17.8. The average molecular weight is 414 g/mol. The summed E-state index contributed by atoms with van der Waals surface area (Å²) in [7, 11) is 2.17. The molecule has 26 heavy (non-hydrogen) atoms. The zero-order valence-corrected chi connectivity index (χ0v) is 17.0. The molecule has 3 nitrogen and oxygen atoms in total. The summed E-state index contributed by atoms with van der Waals surface area (Å²) in [6.45, 7) is 1.59. The number of nitrogens with one attached hydrogen (secondary N) is 1. The lowest BCUT2D eigenvalue weighted by molar-refractivity contribution is 0.0950. The first kappa shape index (κ1) is 21.0. The highest BCUT2D eigenvalue weighted by Gasteiger charge is 2.23. The van der Waals surface area contributed by atoms with E-state index in [2.05, 4.69) is 35.5 Å². The normalized spacial score (nSPS) is 17.4. The second kappa shape index (κ2) is 9.61. The van der Waals surface area contributed by atoms with Gasteiger partial charge in [-0.3, -0.25) is 9.69 Å². The van der Waals surface area contributed by atoms with Gasteiger partial charge in [-0.15, -0.1) is 12.4 Å². The molecule has 1 N–H and O–H groups in total. The molecule has 0 aromatic heterocycles. The molecular weight excluding hydrogens is 391 g/mol. The summed E-state index contributed by atoms with van der Waals surface area (Å²) in [6, 6.07) is 13.8. The van der Waals surface area contributed by atoms with Crippen LogP contribution in [0.4, 0.5) is 0 Å². The Bertz CT molecular complexity index is 766. The Kier molecular flexibility index (Phi) is 7.78. The summed E-state index contributed by atoms with van der Waals surface area (Å²) in [5.74, 6) is -0.209. The summed E-state index contributed by atoms with van der Waals surface area (Å²) in [6.07, 6.45) is 3.65. The zero-order valence-electron chi connectivity index (χ0n) is 14.7. The van der Waals surface area contributed by atoms with Crippen LogP contribution in [0.15, 0.2) is 42.5 Å². The van der Waals surface area contributed by atoms with Crippen LogP contribution >= 0.6 is 35.6 Å². The van der Waals surface area contributed by atoms with E-state index in [4.69, 9.17) is 23.2 Å². The quantitative estimate of drug-likeness (QED) is 0.717. The van der Waals surface area contributed by atoms with Gasteiger partial charge < -0.3 is 5.32 Å². The molecule has 0 radical (unpaired) electrons. The van der Waals surface area contributed by atoms with Crippen LogP contribution in [0.25, 0.3) is 0 Å². The molecule has 1 atom stereocenters. The molecule has 1 saturated heterocycles. The van der Waals surface area contributed by atoms with E-state index in [9.17, 15) is 4.79 Å². The second-order valence-corrected chi connectivity index (χ2v) is 7.26. The highest BCUT2D eigenvalue weighted by atomic mass is 35.5. The number of piperidine rings is 1. The summed E-state index contributed by atoms with van der Waals surface area (Å²) in [4.78, 5) is 14.9. The Labute approximate surface area is 171 Å². The van der Waals surface area contributed by atoms with Gasteiger partial charge in [-0.2, -0.15) is 0 Å². The number of carbonyl (C=O) groups is 1. The van der Waals surface area contributed by atoms with E-state index < -0.39 is 0 Å². The molecule has 1 fully saturated rings. The number of halogens is 3. The Morgan fingerprint density at radius 2 is 1.92 bits per heavy atom. The number of rotatable bonds is 4. The van der Waals surface area contributed by atoms with Crippen LogP contribution in [0.5, 0.6) is 0 Å². The third kappa shape index (κ3) is 4.72. The van der Waals surface area contributed by atoms with Crippen molar-refractivity contribution in [2.75, 3.05) is 13.6 Å². The summed E-state index contributed by atoms with van der Waals surface area (Å²) in [5, 5.41) is 3.66. The van der Waals surface area contributed by atoms with E-state index in [1.54, 1.807) is 18.2 Å². The van der Waals surface area contributed by atoms with Crippen molar-refractivity contribution < 1.29 is 4.79 Å². The third-order valence-electron chi connectivity index (χ3n) is 4.82. The van der Waals surface area contributed by atoms with Crippen LogP contribution in [0.3, 0.4) is 0 Å². The lowest BCUT2D eigenvalue weighted by Gasteiger charge is -2.34. The molecule has 1 heterocycles. The Balaban J connectivity index is 0.00000243. The molecule has 0 saturated carbocycles. The predicted molar refractivity (Wildman–Crippen MR) is 111 cm³/mol. The van der Waals surface area contributed by atoms with Crippen molar-refractivity contribution in [2.24, 2.45) is 0 Å². The second-order valence-electron chi connectivity index (χ2n) is 6.48. The highest BCUT2D eigenvalue weighted by Crippen LogP contribution is 2.31. The van der Waals surface area contributed by atoms with E-state index in [-0.39, 0.29) is 18.3 Å². The van der Waals surface area contributed by atoms with Crippen molar-refractivity contribution >= 4 is 41.5 Å². The molecule has 0 aliphatic carbocycles. The van der Waals surface area contributed by atoms with Gasteiger partial charge in [0, 0.05) is 12.6 Å². The third-order valence-corrected chi connectivity index (χ3v) is 5.64. The molecule has 2 aromatic carbocycles. The molecule has 6 heteroatoms. The monoisotopic (exact) mass is 412 g/mol. The predicted octanol–water partition coefficient (Wildman–Crippen LogP) is 5.50. The van der Waals surface area contributed by atoms with Gasteiger partial charge in [-0.1, -0.05) is 60.0 Å². The van der Waals surface area contributed by atoms with Crippen LogP contribution < -0.4 is 5.32 Å². The summed E-state index contributed by atoms with van der Waals surface area (Å²) < 4.78 is 0. The average Bonchev–Trinajstić information content (AvgIpc) is 2.63. The first-order valence-corrected chi connectivity index (χ1v) is 9.34. The van der Waals surface area contributed by atoms with Crippen molar-refractivity contribution in [3.63, 3.8) is 0 Å². The van der Waals surface area contributed by atoms with Crippen LogP contribution in [0.1, 0.15) is 46.8 Å². The SMILES string of the molecule is CN1CCCC[C@H]1c1ccccc1CNC(=O)c1cccc(Cl)c1Cl.Cl. The van der Waals surface area contributed by atoms with Crippen molar-refractivity contribution in [3.05, 3.63) is 69.2 Å². The van der Waals surface area contributed by atoms with Gasteiger partial charge in [0.1, 0.15) is 0 Å². The van der Waals surface area contributed by atoms with E-state index in [0.29, 0.717) is 28.2 Å². The fraction of sp³-hybridized carbons (Fsp3) is 0.350. The molecular formula is C20H23Cl3N2O. The molecule has 1 aliphatic heterocycles. The maximum absolute atomic E-state index is 12.5. The summed E-state index contributed by atoms with van der Waals surface area (Å²) >= 11 is 12.1. The maximum Gasteiger partial charge on any atom is 0.253 e. The molecule has 3 rings (SSSR count). The molecule has 0 unspecified atom stereocenters. The molecule has 2 aromatic rings. The fourth-order valence-electron chi connectivity index (χ4n) is 3.44. The Morgan fingerprint density at radius 3 is 2.69 bits per heavy atom. The number of hydrogen-bond donors (Lipinski definition) is 1. The number of benzene rings is 2. The topological polar surface area (TPSA) is 32.3 Å². The Hall–Kier alpha value is -1.26. The van der Waals surface area contributed by atoms with Gasteiger partial charge in [-0.05, 0) is 49.7 Å². The summed E-state index contributed by atoms with van der Waals surface area (Å²) in [5.41, 5.74) is 2.84. The van der Waals surface area contributed by atoms with Crippen molar-refractivity contribution in [1.29, 1.82) is 0 Å². The lowest BCUT2D eigenvalue weighted by atomic mass is 9.92. The highest BCUT2D eigenvalue weighted by molar-refractivity contribution is 6.43. The molecule has 0 spiro atoms. The van der Waals surface area contributed by atoms with Gasteiger partial charge in [0.05, 0.1) is 15.6 Å². The van der Waals surface area contributed by atoms with Crippen LogP contribution in [-0.4, -0.2) is 24.4 Å². The van der Waals surface area contributed by atoms with Gasteiger partial charge in [0.15, 0.2) is 0 Å². The van der Waals surface area contributed by atoms with Crippen molar-refractivity contribution in [3.8, 4) is 0 Å². The molecule has 1 amide bonds. The number of amides is 1. The van der Waals surface area contributed by atoms with Gasteiger partial charge in [-0.25, -0.2) is 0 Å². The van der Waals surface area contributed by atoms with Gasteiger partial charge >= 0.3 is 0 Å². The minimum Gasteiger partial charge on any atom is -0.348 e. The number of likely N-dealkylation sites (tertiary alicyclic amines) is 1. The van der Waals surface area contributed by atoms with Crippen LogP contribution in [0.2, 0.25) is 10.0 Å². The van der Waals surface area contributed by atoms with Crippen molar-refractivity contribution in [2.45, 2.75) is 31.8 Å². The minimum atomic E-state index is -0.209. The lowest BCUT2D eigenvalue weighted by Crippen LogP contribution is -2.31. The van der Waals surface area contributed by atoms with Gasteiger partial charge in [0.2, 0.25) is 0 Å². The van der Waals surface area contributed by atoms with Crippen LogP contribution in [0, 0.1) is 0 Å². The van der Waals surface area contributed by atoms with Gasteiger partial charge in [0.25, 0.3) is 5.91 Å². The first-order valence-electron chi connectivity index (χ1n) is 8.58. The first-order chi connectivity index (χ1) is 12.1. The molecule has 140 valence electrons.